The molecule has 0 bridgehead atoms. The van der Waals surface area contributed by atoms with Gasteiger partial charge in [0.25, 0.3) is 0 Å². The van der Waals surface area contributed by atoms with E-state index in [9.17, 15) is 14.4 Å². The molecule has 0 aliphatic carbocycles. The maximum Gasteiger partial charge on any atom is 0.306 e. The molecule has 442 valence electrons. The number of allylic oxidation sites excluding steroid dienone is 4. The van der Waals surface area contributed by atoms with E-state index in [4.69, 9.17) is 14.2 Å². The normalized spacial score (nSPS) is 12.1. The molecule has 75 heavy (non-hydrogen) atoms. The van der Waals surface area contributed by atoms with Gasteiger partial charge in [0.1, 0.15) is 13.2 Å². The minimum atomic E-state index is -0.763. The zero-order valence-electron chi connectivity index (χ0n) is 50.8. The molecule has 0 radical (unpaired) electrons. The van der Waals surface area contributed by atoms with Crippen LogP contribution in [-0.2, 0) is 28.6 Å². The number of carbonyl (C=O) groups is 3. The first-order valence-electron chi connectivity index (χ1n) is 33.8. The van der Waals surface area contributed by atoms with E-state index >= 15 is 0 Å². The van der Waals surface area contributed by atoms with Crippen molar-refractivity contribution < 1.29 is 28.6 Å². The minimum Gasteiger partial charge on any atom is -0.462 e. The van der Waals surface area contributed by atoms with Gasteiger partial charge in [0, 0.05) is 19.3 Å². The molecule has 6 heteroatoms. The van der Waals surface area contributed by atoms with Crippen molar-refractivity contribution >= 4 is 17.9 Å². The van der Waals surface area contributed by atoms with Crippen molar-refractivity contribution in [3.05, 3.63) is 24.3 Å². The largest absolute Gasteiger partial charge is 0.462 e. The molecular formula is C69H130O6. The zero-order valence-corrected chi connectivity index (χ0v) is 50.8. The van der Waals surface area contributed by atoms with E-state index in [1.165, 1.54) is 276 Å². The number of rotatable bonds is 63. The monoisotopic (exact) mass is 1050 g/mol. The second-order valence-corrected chi connectivity index (χ2v) is 23.1. The predicted octanol–water partition coefficient (Wildman–Crippen LogP) is 23.0. The number of hydrogen-bond donors (Lipinski definition) is 0. The molecule has 1 unspecified atom stereocenters. The Labute approximate surface area is 468 Å². The van der Waals surface area contributed by atoms with E-state index in [0.717, 1.165) is 64.2 Å². The van der Waals surface area contributed by atoms with Crippen molar-refractivity contribution in [3.63, 3.8) is 0 Å². The fourth-order valence-corrected chi connectivity index (χ4v) is 10.4. The minimum absolute atomic E-state index is 0.0636. The highest BCUT2D eigenvalue weighted by Crippen LogP contribution is 2.18. The summed E-state index contributed by atoms with van der Waals surface area (Å²) >= 11 is 0. The van der Waals surface area contributed by atoms with Gasteiger partial charge in [-0.2, -0.15) is 0 Å². The fourth-order valence-electron chi connectivity index (χ4n) is 10.4. The Kier molecular flexibility index (Phi) is 62.6. The number of esters is 3. The lowest BCUT2D eigenvalue weighted by Gasteiger charge is -2.18. The third kappa shape index (κ3) is 62.6. The highest BCUT2D eigenvalue weighted by atomic mass is 16.6. The summed E-state index contributed by atoms with van der Waals surface area (Å²) in [6, 6.07) is 0. The van der Waals surface area contributed by atoms with Crippen LogP contribution in [-0.4, -0.2) is 37.2 Å². The number of unbranched alkanes of at least 4 members (excludes halogenated alkanes) is 48. The maximum atomic E-state index is 12.8. The smallest absolute Gasteiger partial charge is 0.306 e. The van der Waals surface area contributed by atoms with Crippen molar-refractivity contribution in [2.45, 2.75) is 386 Å². The summed E-state index contributed by atoms with van der Waals surface area (Å²) in [5.74, 6) is -0.842. The summed E-state index contributed by atoms with van der Waals surface area (Å²) < 4.78 is 16.9. The Morgan fingerprint density at radius 2 is 0.480 bits per heavy atom. The van der Waals surface area contributed by atoms with Gasteiger partial charge in [-0.1, -0.05) is 334 Å². The average Bonchev–Trinajstić information content (AvgIpc) is 3.41. The Balaban J connectivity index is 3.91. The van der Waals surface area contributed by atoms with E-state index in [1.54, 1.807) is 0 Å². The van der Waals surface area contributed by atoms with Gasteiger partial charge in [0.05, 0.1) is 0 Å². The first-order chi connectivity index (χ1) is 37.0. The molecule has 0 rings (SSSR count). The van der Waals surface area contributed by atoms with Crippen molar-refractivity contribution in [2.24, 2.45) is 0 Å². The third-order valence-electron chi connectivity index (χ3n) is 15.5. The van der Waals surface area contributed by atoms with Gasteiger partial charge in [-0.15, -0.1) is 0 Å². The summed E-state index contributed by atoms with van der Waals surface area (Å²) in [6.45, 7) is 6.66. The molecule has 0 aromatic carbocycles. The number of ether oxygens (including phenoxy) is 3. The Morgan fingerprint density at radius 3 is 0.733 bits per heavy atom. The average molecular weight is 1060 g/mol. The number of hydrogen-bond acceptors (Lipinski definition) is 6. The molecule has 0 saturated heterocycles. The Hall–Kier alpha value is -2.11. The highest BCUT2D eigenvalue weighted by molar-refractivity contribution is 5.71. The molecule has 0 fully saturated rings. The summed E-state index contributed by atoms with van der Waals surface area (Å²) in [6.07, 6.45) is 78.1. The van der Waals surface area contributed by atoms with Crippen molar-refractivity contribution in [1.29, 1.82) is 0 Å². The van der Waals surface area contributed by atoms with Crippen LogP contribution in [0.4, 0.5) is 0 Å². The van der Waals surface area contributed by atoms with E-state index in [-0.39, 0.29) is 31.1 Å². The van der Waals surface area contributed by atoms with Crippen LogP contribution in [0.25, 0.3) is 0 Å². The predicted molar refractivity (Wildman–Crippen MR) is 326 cm³/mol. The molecule has 0 aliphatic rings. The van der Waals surface area contributed by atoms with Gasteiger partial charge in [0.15, 0.2) is 6.10 Å². The molecule has 0 aromatic heterocycles. The van der Waals surface area contributed by atoms with Crippen LogP contribution in [0.2, 0.25) is 0 Å². The second-order valence-electron chi connectivity index (χ2n) is 23.1. The van der Waals surface area contributed by atoms with Gasteiger partial charge in [0.2, 0.25) is 0 Å². The SMILES string of the molecule is CCCCCCC/C=C\C/C=C\CCCCCCCCCCCCCCCCCCCCCCCCCC(=O)OCC(COC(=O)CCCCCCCCCC)OC(=O)CCCCCCCCCCCCCCCC. The first kappa shape index (κ1) is 72.9. The number of carbonyl (C=O) groups excluding carboxylic acids is 3. The molecule has 0 saturated carbocycles. The van der Waals surface area contributed by atoms with Gasteiger partial charge in [-0.3, -0.25) is 14.4 Å². The van der Waals surface area contributed by atoms with Crippen LogP contribution in [0.3, 0.4) is 0 Å². The molecular weight excluding hydrogens is 925 g/mol. The lowest BCUT2D eigenvalue weighted by molar-refractivity contribution is -0.167. The van der Waals surface area contributed by atoms with Gasteiger partial charge >= 0.3 is 17.9 Å². The molecule has 0 heterocycles. The second kappa shape index (κ2) is 64.4. The van der Waals surface area contributed by atoms with E-state index in [1.807, 2.05) is 0 Å². The van der Waals surface area contributed by atoms with Gasteiger partial charge in [-0.05, 0) is 51.4 Å². The van der Waals surface area contributed by atoms with Crippen LogP contribution in [0.15, 0.2) is 24.3 Å². The Bertz CT molecular complexity index is 1210. The fraction of sp³-hybridized carbons (Fsp3) is 0.899. The van der Waals surface area contributed by atoms with Gasteiger partial charge in [-0.25, -0.2) is 0 Å². The molecule has 1 atom stereocenters. The maximum absolute atomic E-state index is 12.8. The topological polar surface area (TPSA) is 78.9 Å². The summed E-state index contributed by atoms with van der Waals surface area (Å²) in [4.78, 5) is 38.1. The standard InChI is InChI=1S/C69H130O6/c1-4-7-10-13-16-19-21-23-25-26-27-28-29-30-31-32-33-34-35-36-37-38-39-40-41-42-43-44-45-47-48-50-53-56-59-62-68(71)74-65-66(64-73-67(70)61-58-55-52-18-15-12-9-6-3)75-69(72)63-60-57-54-51-49-46-24-22-20-17-14-11-8-5-2/h21,23,26-27,66H,4-20,22,24-25,28-65H2,1-3H3/b23-21-,27-26-. The van der Waals surface area contributed by atoms with E-state index < -0.39 is 6.10 Å². The molecule has 0 aromatic rings. The Morgan fingerprint density at radius 1 is 0.267 bits per heavy atom. The summed E-state index contributed by atoms with van der Waals surface area (Å²) in [5.41, 5.74) is 0. The van der Waals surface area contributed by atoms with Crippen LogP contribution in [0.1, 0.15) is 380 Å². The molecule has 0 aliphatic heterocycles. The van der Waals surface area contributed by atoms with Gasteiger partial charge < -0.3 is 14.2 Å². The molecule has 6 nitrogen and oxygen atoms in total. The van der Waals surface area contributed by atoms with Crippen LogP contribution in [0, 0.1) is 0 Å². The quantitative estimate of drug-likeness (QED) is 0.0261. The molecule has 0 amide bonds. The third-order valence-corrected chi connectivity index (χ3v) is 15.5. The van der Waals surface area contributed by atoms with E-state index in [0.29, 0.717) is 19.3 Å². The molecule has 0 spiro atoms. The first-order valence-corrected chi connectivity index (χ1v) is 33.8. The van der Waals surface area contributed by atoms with Crippen LogP contribution < -0.4 is 0 Å². The highest BCUT2D eigenvalue weighted by Gasteiger charge is 2.19. The lowest BCUT2D eigenvalue weighted by Crippen LogP contribution is -2.30. The lowest BCUT2D eigenvalue weighted by atomic mass is 10.0. The molecule has 0 N–H and O–H groups in total. The summed E-state index contributed by atoms with van der Waals surface area (Å²) in [7, 11) is 0. The van der Waals surface area contributed by atoms with E-state index in [2.05, 4.69) is 45.1 Å². The van der Waals surface area contributed by atoms with Crippen molar-refractivity contribution in [2.75, 3.05) is 13.2 Å². The van der Waals surface area contributed by atoms with Crippen LogP contribution >= 0.6 is 0 Å². The van der Waals surface area contributed by atoms with Crippen molar-refractivity contribution in [3.8, 4) is 0 Å². The van der Waals surface area contributed by atoms with Crippen molar-refractivity contribution in [1.82, 2.24) is 0 Å². The zero-order chi connectivity index (χ0) is 54.3. The summed E-state index contributed by atoms with van der Waals surface area (Å²) in [5, 5.41) is 0. The van der Waals surface area contributed by atoms with Crippen LogP contribution in [0.5, 0.6) is 0 Å².